The molecule has 0 saturated carbocycles. The number of hydrogen-bond donors (Lipinski definition) is 1. The standard InChI is InChI=1S/C18H24N4O4S/c1-18(2,3)26-17(23)19-10-12-5-4-8-21(11-12)16-20-14-9-13(22(24)25)6-7-15(14)27-16/h6-7,9,12H,4-5,8,10-11H2,1-3H3,(H,19,23). The lowest BCUT2D eigenvalue weighted by Gasteiger charge is -2.32. The molecule has 2 aromatic rings. The first-order chi connectivity index (χ1) is 12.7. The molecule has 1 aliphatic rings. The molecule has 1 fully saturated rings. The fourth-order valence-corrected chi connectivity index (χ4v) is 4.08. The summed E-state index contributed by atoms with van der Waals surface area (Å²) in [5.74, 6) is 0.313. The maximum Gasteiger partial charge on any atom is 0.407 e. The number of nitrogens with one attached hydrogen (secondary N) is 1. The van der Waals surface area contributed by atoms with E-state index in [0.717, 1.165) is 35.8 Å². The van der Waals surface area contributed by atoms with Gasteiger partial charge in [-0.1, -0.05) is 11.3 Å². The molecule has 2 heterocycles. The molecule has 9 heteroatoms. The first kappa shape index (κ1) is 19.3. The summed E-state index contributed by atoms with van der Waals surface area (Å²) >= 11 is 1.54. The molecule has 27 heavy (non-hydrogen) atoms. The van der Waals surface area contributed by atoms with Crippen LogP contribution in [-0.4, -0.2) is 41.2 Å². The van der Waals surface area contributed by atoms with E-state index in [1.807, 2.05) is 20.8 Å². The molecule has 1 unspecified atom stereocenters. The van der Waals surface area contributed by atoms with Crippen molar-refractivity contribution in [2.45, 2.75) is 39.2 Å². The SMILES string of the molecule is CC(C)(C)OC(=O)NCC1CCCN(c2nc3cc([N+](=O)[O-])ccc3s2)C1. The molecule has 146 valence electrons. The van der Waals surface area contributed by atoms with Crippen molar-refractivity contribution in [1.29, 1.82) is 0 Å². The molecule has 0 radical (unpaired) electrons. The van der Waals surface area contributed by atoms with Gasteiger partial charge in [-0.25, -0.2) is 9.78 Å². The highest BCUT2D eigenvalue weighted by Crippen LogP contribution is 2.33. The Labute approximate surface area is 161 Å². The van der Waals surface area contributed by atoms with Gasteiger partial charge < -0.3 is 15.0 Å². The molecule has 1 N–H and O–H groups in total. The predicted octanol–water partition coefficient (Wildman–Crippen LogP) is 3.95. The van der Waals surface area contributed by atoms with Gasteiger partial charge in [-0.05, 0) is 45.6 Å². The Hall–Kier alpha value is -2.42. The Morgan fingerprint density at radius 2 is 2.26 bits per heavy atom. The zero-order chi connectivity index (χ0) is 19.6. The van der Waals surface area contributed by atoms with Crippen LogP contribution in [0.2, 0.25) is 0 Å². The zero-order valence-corrected chi connectivity index (χ0v) is 16.5. The van der Waals surface area contributed by atoms with Crippen LogP contribution in [0.25, 0.3) is 10.2 Å². The topological polar surface area (TPSA) is 97.6 Å². The van der Waals surface area contributed by atoms with Crippen LogP contribution in [0.5, 0.6) is 0 Å². The monoisotopic (exact) mass is 392 g/mol. The second-order valence-electron chi connectivity index (χ2n) is 7.74. The molecule has 1 saturated heterocycles. The number of ether oxygens (including phenoxy) is 1. The lowest BCUT2D eigenvalue weighted by molar-refractivity contribution is -0.384. The van der Waals surface area contributed by atoms with Gasteiger partial charge in [-0.3, -0.25) is 10.1 Å². The molecular weight excluding hydrogens is 368 g/mol. The largest absolute Gasteiger partial charge is 0.444 e. The number of piperidine rings is 1. The van der Waals surface area contributed by atoms with Crippen LogP contribution in [-0.2, 0) is 4.74 Å². The van der Waals surface area contributed by atoms with Crippen LogP contribution in [0, 0.1) is 16.0 Å². The van der Waals surface area contributed by atoms with Crippen molar-refractivity contribution < 1.29 is 14.5 Å². The molecule has 1 aromatic heterocycles. The van der Waals surface area contributed by atoms with Gasteiger partial charge in [0.15, 0.2) is 5.13 Å². The second kappa shape index (κ2) is 7.67. The highest BCUT2D eigenvalue weighted by atomic mass is 32.1. The van der Waals surface area contributed by atoms with Crippen LogP contribution in [0.4, 0.5) is 15.6 Å². The summed E-state index contributed by atoms with van der Waals surface area (Å²) in [7, 11) is 0. The van der Waals surface area contributed by atoms with E-state index < -0.39 is 16.6 Å². The molecule has 3 rings (SSSR count). The minimum atomic E-state index is -0.508. The molecule has 8 nitrogen and oxygen atoms in total. The Bertz CT molecular complexity index is 845. The van der Waals surface area contributed by atoms with Gasteiger partial charge in [0.05, 0.1) is 15.1 Å². The maximum atomic E-state index is 11.8. The number of anilines is 1. The van der Waals surface area contributed by atoms with Gasteiger partial charge in [0.2, 0.25) is 0 Å². The zero-order valence-electron chi connectivity index (χ0n) is 15.7. The molecule has 1 aliphatic heterocycles. The summed E-state index contributed by atoms with van der Waals surface area (Å²) in [6, 6.07) is 4.77. The van der Waals surface area contributed by atoms with Crippen LogP contribution in [0.1, 0.15) is 33.6 Å². The number of aromatic nitrogens is 1. The van der Waals surface area contributed by atoms with E-state index in [9.17, 15) is 14.9 Å². The first-order valence-electron chi connectivity index (χ1n) is 8.98. The average Bonchev–Trinajstić information content (AvgIpc) is 3.02. The van der Waals surface area contributed by atoms with E-state index in [-0.39, 0.29) is 5.69 Å². The predicted molar refractivity (Wildman–Crippen MR) is 105 cm³/mol. The van der Waals surface area contributed by atoms with Gasteiger partial charge in [-0.2, -0.15) is 0 Å². The smallest absolute Gasteiger partial charge is 0.407 e. The van der Waals surface area contributed by atoms with Crippen molar-refractivity contribution in [3.05, 3.63) is 28.3 Å². The number of benzene rings is 1. The number of nitrogens with zero attached hydrogens (tertiary/aromatic N) is 3. The van der Waals surface area contributed by atoms with Gasteiger partial charge in [-0.15, -0.1) is 0 Å². The van der Waals surface area contributed by atoms with Crippen LogP contribution in [0.3, 0.4) is 0 Å². The lowest BCUT2D eigenvalue weighted by Crippen LogP contribution is -2.42. The number of fused-ring (bicyclic) bond motifs is 1. The lowest BCUT2D eigenvalue weighted by atomic mass is 9.98. The number of nitro groups is 1. The number of amides is 1. The van der Waals surface area contributed by atoms with E-state index in [1.165, 1.54) is 23.5 Å². The highest BCUT2D eigenvalue weighted by Gasteiger charge is 2.24. The summed E-state index contributed by atoms with van der Waals surface area (Å²) in [5.41, 5.74) is 0.197. The molecule has 1 atom stereocenters. The number of rotatable bonds is 4. The number of carbonyl (C=O) groups excluding carboxylic acids is 1. The highest BCUT2D eigenvalue weighted by molar-refractivity contribution is 7.22. The third kappa shape index (κ3) is 5.06. The van der Waals surface area contributed by atoms with Crippen molar-refractivity contribution in [3.63, 3.8) is 0 Å². The van der Waals surface area contributed by atoms with E-state index >= 15 is 0 Å². The summed E-state index contributed by atoms with van der Waals surface area (Å²) in [5, 5.41) is 14.7. The third-order valence-electron chi connectivity index (χ3n) is 4.29. The fourth-order valence-electron chi connectivity index (χ4n) is 3.10. The fraction of sp³-hybridized carbons (Fsp3) is 0.556. The van der Waals surface area contributed by atoms with Crippen molar-refractivity contribution in [1.82, 2.24) is 10.3 Å². The minimum absolute atomic E-state index is 0.0532. The van der Waals surface area contributed by atoms with E-state index in [2.05, 4.69) is 15.2 Å². The summed E-state index contributed by atoms with van der Waals surface area (Å²) in [4.78, 5) is 29.2. The summed E-state index contributed by atoms with van der Waals surface area (Å²) in [6.45, 7) is 7.76. The summed E-state index contributed by atoms with van der Waals surface area (Å²) in [6.07, 6.45) is 1.64. The number of thiazole rings is 1. The number of hydrogen-bond acceptors (Lipinski definition) is 7. The average molecular weight is 392 g/mol. The molecule has 0 aliphatic carbocycles. The van der Waals surface area contributed by atoms with E-state index in [0.29, 0.717) is 18.0 Å². The molecule has 1 aromatic carbocycles. The first-order valence-corrected chi connectivity index (χ1v) is 9.80. The Morgan fingerprint density at radius 1 is 1.48 bits per heavy atom. The van der Waals surface area contributed by atoms with Gasteiger partial charge >= 0.3 is 6.09 Å². The normalized spacial score (nSPS) is 17.7. The van der Waals surface area contributed by atoms with Gasteiger partial charge in [0, 0.05) is 31.8 Å². The number of non-ortho nitro benzene ring substituents is 1. The molecule has 1 amide bonds. The number of nitro benzene ring substituents is 1. The van der Waals surface area contributed by atoms with Gasteiger partial charge in [0.1, 0.15) is 5.60 Å². The maximum absolute atomic E-state index is 11.8. The Kier molecular flexibility index (Phi) is 5.50. The van der Waals surface area contributed by atoms with Gasteiger partial charge in [0.25, 0.3) is 5.69 Å². The van der Waals surface area contributed by atoms with E-state index in [4.69, 9.17) is 4.74 Å². The molecular formula is C18H24N4O4S. The van der Waals surface area contributed by atoms with E-state index in [1.54, 1.807) is 6.07 Å². The van der Waals surface area contributed by atoms with Crippen molar-refractivity contribution >= 4 is 38.5 Å². The van der Waals surface area contributed by atoms with Crippen LogP contribution >= 0.6 is 11.3 Å². The van der Waals surface area contributed by atoms with Crippen LogP contribution < -0.4 is 10.2 Å². The number of carbonyl (C=O) groups is 1. The Morgan fingerprint density at radius 3 is 2.96 bits per heavy atom. The van der Waals surface area contributed by atoms with Crippen molar-refractivity contribution in [2.75, 3.05) is 24.5 Å². The molecule has 0 bridgehead atoms. The molecule has 0 spiro atoms. The Balaban J connectivity index is 1.63. The summed E-state index contributed by atoms with van der Waals surface area (Å²) < 4.78 is 6.22. The van der Waals surface area contributed by atoms with Crippen molar-refractivity contribution in [3.8, 4) is 0 Å². The number of alkyl carbamates (subject to hydrolysis) is 1. The third-order valence-corrected chi connectivity index (χ3v) is 5.39. The van der Waals surface area contributed by atoms with Crippen molar-refractivity contribution in [2.24, 2.45) is 5.92 Å². The second-order valence-corrected chi connectivity index (χ2v) is 8.75. The minimum Gasteiger partial charge on any atom is -0.444 e. The quantitative estimate of drug-likeness (QED) is 0.625. The van der Waals surface area contributed by atoms with Crippen LogP contribution in [0.15, 0.2) is 18.2 Å².